The molecule has 4 aromatic rings. The fraction of sp³-hybridized carbons (Fsp3) is 0.321. The van der Waals surface area contributed by atoms with Crippen LogP contribution in [-0.2, 0) is 19.0 Å². The Labute approximate surface area is 244 Å². The number of carbonyl (C=O) groups excluding carboxylic acids is 2. The quantitative estimate of drug-likeness (QED) is 0.147. The number of aliphatic hydroxyl groups is 1. The molecule has 0 radical (unpaired) electrons. The molecule has 0 bridgehead atoms. The predicted molar refractivity (Wildman–Crippen MR) is 149 cm³/mol. The molecule has 1 aliphatic rings. The molecule has 15 heteroatoms. The van der Waals surface area contributed by atoms with Crippen LogP contribution in [0.3, 0.4) is 0 Å². The first kappa shape index (κ1) is 29.3. The van der Waals surface area contributed by atoms with E-state index in [2.05, 4.69) is 20.3 Å². The van der Waals surface area contributed by atoms with Crippen LogP contribution in [-0.4, -0.2) is 73.6 Å². The molecule has 4 atom stereocenters. The first-order valence-corrected chi connectivity index (χ1v) is 13.3. The second-order valence-corrected chi connectivity index (χ2v) is 9.72. The zero-order chi connectivity index (χ0) is 30.3. The van der Waals surface area contributed by atoms with Gasteiger partial charge in [-0.05, 0) is 12.1 Å². The van der Waals surface area contributed by atoms with E-state index in [9.17, 15) is 24.8 Å². The minimum Gasteiger partial charge on any atom is -0.484 e. The van der Waals surface area contributed by atoms with Gasteiger partial charge in [0, 0.05) is 24.0 Å². The van der Waals surface area contributed by atoms with Crippen LogP contribution in [0.15, 0.2) is 67.3 Å². The van der Waals surface area contributed by atoms with Gasteiger partial charge in [-0.1, -0.05) is 43.3 Å². The van der Waals surface area contributed by atoms with Crippen LogP contribution in [0.25, 0.3) is 11.2 Å². The van der Waals surface area contributed by atoms with Crippen LogP contribution in [0.5, 0.6) is 5.75 Å². The van der Waals surface area contributed by atoms with E-state index in [1.807, 2.05) is 6.07 Å². The summed E-state index contributed by atoms with van der Waals surface area (Å²) in [6, 6.07) is 15.1. The third-order valence-corrected chi connectivity index (χ3v) is 6.73. The summed E-state index contributed by atoms with van der Waals surface area (Å²) < 4.78 is 23.2. The normalized spacial score (nSPS) is 18.6. The molecule has 1 fully saturated rings. The number of nitrogens with one attached hydrogen (secondary N) is 1. The molecule has 1 aliphatic heterocycles. The third kappa shape index (κ3) is 7.02. The Kier molecular flexibility index (Phi) is 9.02. The van der Waals surface area contributed by atoms with Gasteiger partial charge in [0.1, 0.15) is 37.6 Å². The second kappa shape index (κ2) is 13.2. The summed E-state index contributed by atoms with van der Waals surface area (Å²) in [6.45, 7) is 1.03. The van der Waals surface area contributed by atoms with Crippen molar-refractivity contribution in [3.05, 3.63) is 82.9 Å². The SMILES string of the molecule is CC(COC(=O)OC[C@H]1O[C@@H](n2cnc3c(NC(=O)COc4ccccc4)ncnc32)C[C@@H]1O)c1ccccc1[N+](=O)[O-]. The topological polar surface area (TPSA) is 190 Å². The van der Waals surface area contributed by atoms with Crippen molar-refractivity contribution in [3.8, 4) is 5.75 Å². The number of aromatic nitrogens is 4. The van der Waals surface area contributed by atoms with E-state index in [1.54, 1.807) is 54.0 Å². The molecule has 1 amide bonds. The number of hydrogen-bond donors (Lipinski definition) is 2. The molecule has 2 aromatic carbocycles. The second-order valence-electron chi connectivity index (χ2n) is 9.72. The number of benzene rings is 2. The predicted octanol–water partition coefficient (Wildman–Crippen LogP) is 3.36. The number of imidazole rings is 1. The van der Waals surface area contributed by atoms with Crippen LogP contribution < -0.4 is 10.1 Å². The van der Waals surface area contributed by atoms with Crippen molar-refractivity contribution in [3.63, 3.8) is 0 Å². The molecule has 224 valence electrons. The maximum Gasteiger partial charge on any atom is 0.508 e. The van der Waals surface area contributed by atoms with Gasteiger partial charge < -0.3 is 29.4 Å². The van der Waals surface area contributed by atoms with Crippen molar-refractivity contribution >= 4 is 34.7 Å². The number of nitro benzene ring substituents is 1. The minimum atomic E-state index is -0.998. The van der Waals surface area contributed by atoms with Gasteiger partial charge in [0.25, 0.3) is 11.6 Å². The lowest BCUT2D eigenvalue weighted by atomic mass is 10.0. The van der Waals surface area contributed by atoms with E-state index in [0.29, 0.717) is 22.5 Å². The molecular formula is C28H28N6O9. The lowest BCUT2D eigenvalue weighted by Gasteiger charge is -2.17. The number of amides is 1. The molecular weight excluding hydrogens is 564 g/mol. The lowest BCUT2D eigenvalue weighted by molar-refractivity contribution is -0.385. The van der Waals surface area contributed by atoms with Crippen LogP contribution in [0.1, 0.15) is 31.1 Å². The molecule has 0 saturated carbocycles. The number of nitrogens with zero attached hydrogens (tertiary/aromatic N) is 5. The Bertz CT molecular complexity index is 1600. The highest BCUT2D eigenvalue weighted by molar-refractivity contribution is 5.97. The van der Waals surface area contributed by atoms with Crippen LogP contribution in [0, 0.1) is 10.1 Å². The van der Waals surface area contributed by atoms with Crippen molar-refractivity contribution in [2.75, 3.05) is 25.1 Å². The summed E-state index contributed by atoms with van der Waals surface area (Å²) in [5.41, 5.74) is 1.03. The van der Waals surface area contributed by atoms with Gasteiger partial charge >= 0.3 is 6.16 Å². The van der Waals surface area contributed by atoms with Crippen molar-refractivity contribution in [2.24, 2.45) is 0 Å². The van der Waals surface area contributed by atoms with Crippen molar-refractivity contribution < 1.29 is 38.6 Å². The zero-order valence-corrected chi connectivity index (χ0v) is 22.9. The number of rotatable bonds is 11. The van der Waals surface area contributed by atoms with Gasteiger partial charge in [-0.2, -0.15) is 0 Å². The Hall–Kier alpha value is -5.15. The molecule has 0 aliphatic carbocycles. The van der Waals surface area contributed by atoms with Crippen molar-refractivity contribution in [1.29, 1.82) is 0 Å². The number of anilines is 1. The number of carbonyl (C=O) groups is 2. The summed E-state index contributed by atoms with van der Waals surface area (Å²) in [6.07, 6.45) is -0.656. The fourth-order valence-corrected chi connectivity index (χ4v) is 4.57. The highest BCUT2D eigenvalue weighted by Crippen LogP contribution is 2.32. The maximum absolute atomic E-state index is 12.4. The Balaban J connectivity index is 1.14. The molecule has 1 saturated heterocycles. The molecule has 2 N–H and O–H groups in total. The molecule has 43 heavy (non-hydrogen) atoms. The Morgan fingerprint density at radius 2 is 1.91 bits per heavy atom. The van der Waals surface area contributed by atoms with Crippen LogP contribution >= 0.6 is 0 Å². The number of nitro groups is 1. The van der Waals surface area contributed by atoms with Crippen LogP contribution in [0.4, 0.5) is 16.3 Å². The van der Waals surface area contributed by atoms with E-state index in [1.165, 1.54) is 18.7 Å². The Morgan fingerprint density at radius 3 is 2.70 bits per heavy atom. The smallest absolute Gasteiger partial charge is 0.484 e. The van der Waals surface area contributed by atoms with Gasteiger partial charge in [0.2, 0.25) is 0 Å². The number of aliphatic hydroxyl groups excluding tert-OH is 1. The molecule has 5 rings (SSSR count). The number of ether oxygens (including phenoxy) is 4. The molecule has 1 unspecified atom stereocenters. The molecule has 2 aromatic heterocycles. The van der Waals surface area contributed by atoms with Gasteiger partial charge in [-0.15, -0.1) is 0 Å². The lowest BCUT2D eigenvalue weighted by Crippen LogP contribution is -2.28. The van der Waals surface area contributed by atoms with E-state index in [4.69, 9.17) is 18.9 Å². The van der Waals surface area contributed by atoms with Crippen molar-refractivity contribution in [2.45, 2.75) is 37.7 Å². The van der Waals surface area contributed by atoms with Crippen molar-refractivity contribution in [1.82, 2.24) is 19.5 Å². The monoisotopic (exact) mass is 592 g/mol. The summed E-state index contributed by atoms with van der Waals surface area (Å²) in [4.78, 5) is 48.1. The van der Waals surface area contributed by atoms with E-state index >= 15 is 0 Å². The minimum absolute atomic E-state index is 0.0654. The fourth-order valence-electron chi connectivity index (χ4n) is 4.57. The Morgan fingerprint density at radius 1 is 1.14 bits per heavy atom. The summed E-state index contributed by atoms with van der Waals surface area (Å²) >= 11 is 0. The first-order chi connectivity index (χ1) is 20.8. The van der Waals surface area contributed by atoms with E-state index in [-0.39, 0.29) is 37.7 Å². The summed E-state index contributed by atoms with van der Waals surface area (Å²) in [5, 5.41) is 24.5. The highest BCUT2D eigenvalue weighted by Gasteiger charge is 2.37. The van der Waals surface area contributed by atoms with Crippen LogP contribution in [0.2, 0.25) is 0 Å². The largest absolute Gasteiger partial charge is 0.508 e. The first-order valence-electron chi connectivity index (χ1n) is 13.3. The number of para-hydroxylation sites is 2. The average Bonchev–Trinajstić information content (AvgIpc) is 3.62. The molecule has 15 nitrogen and oxygen atoms in total. The number of fused-ring (bicyclic) bond motifs is 1. The molecule has 3 heterocycles. The van der Waals surface area contributed by atoms with Gasteiger partial charge in [0.05, 0.1) is 17.4 Å². The standard InChI is InChI=1S/C28H28N6O9/c1-17(19-9-5-6-10-20(19)34(38)39)12-41-28(37)42-13-22-21(35)11-24(43-22)33-16-31-25-26(29-15-30-27(25)33)32-23(36)14-40-18-7-3-2-4-8-18/h2-10,15-17,21-22,24,35H,11-14H2,1H3,(H,29,30,32,36)/t17?,21-,22+,24+/m0/s1. The molecule has 0 spiro atoms. The maximum atomic E-state index is 12.4. The van der Waals surface area contributed by atoms with Gasteiger partial charge in [-0.3, -0.25) is 19.5 Å². The summed E-state index contributed by atoms with van der Waals surface area (Å²) in [7, 11) is 0. The van der Waals surface area contributed by atoms with Gasteiger partial charge in [-0.25, -0.2) is 19.7 Å². The van der Waals surface area contributed by atoms with E-state index < -0.39 is 41.3 Å². The zero-order valence-electron chi connectivity index (χ0n) is 22.9. The average molecular weight is 593 g/mol. The van der Waals surface area contributed by atoms with Gasteiger partial charge in [0.15, 0.2) is 23.6 Å². The summed E-state index contributed by atoms with van der Waals surface area (Å²) in [5.74, 6) is -0.158. The highest BCUT2D eigenvalue weighted by atomic mass is 16.7. The number of hydrogen-bond acceptors (Lipinski definition) is 12. The van der Waals surface area contributed by atoms with E-state index in [0.717, 1.165) is 0 Å². The third-order valence-electron chi connectivity index (χ3n) is 6.73.